The molecule has 3 heteroatoms. The SMILES string of the molecule is BCc1cc(C(=C)C)n(C)n1. The van der Waals surface area contributed by atoms with Crippen molar-refractivity contribution in [1.29, 1.82) is 0 Å². The zero-order valence-electron chi connectivity index (χ0n) is 7.39. The van der Waals surface area contributed by atoms with Crippen molar-refractivity contribution in [3.05, 3.63) is 24.0 Å². The van der Waals surface area contributed by atoms with Gasteiger partial charge < -0.3 is 0 Å². The van der Waals surface area contributed by atoms with Crippen LogP contribution in [0.25, 0.3) is 5.57 Å². The Bertz CT molecular complexity index is 276. The smallest absolute Gasteiger partial charge is 0.109 e. The van der Waals surface area contributed by atoms with Crippen molar-refractivity contribution in [3.63, 3.8) is 0 Å². The molecule has 0 aliphatic heterocycles. The van der Waals surface area contributed by atoms with Crippen molar-refractivity contribution in [2.24, 2.45) is 7.05 Å². The molecule has 0 N–H and O–H groups in total. The van der Waals surface area contributed by atoms with E-state index in [1.807, 2.05) is 18.7 Å². The molecule has 58 valence electrons. The summed E-state index contributed by atoms with van der Waals surface area (Å²) in [5.41, 5.74) is 3.33. The zero-order chi connectivity index (χ0) is 8.43. The minimum absolute atomic E-state index is 0.987. The highest BCUT2D eigenvalue weighted by Gasteiger charge is 2.02. The predicted octanol–water partition coefficient (Wildman–Crippen LogP) is 0.586. The molecule has 0 aliphatic rings. The van der Waals surface area contributed by atoms with Crippen molar-refractivity contribution in [3.8, 4) is 0 Å². The van der Waals surface area contributed by atoms with E-state index >= 15 is 0 Å². The van der Waals surface area contributed by atoms with Crippen LogP contribution in [-0.2, 0) is 13.4 Å². The minimum Gasteiger partial charge on any atom is -0.268 e. The van der Waals surface area contributed by atoms with Gasteiger partial charge in [-0.1, -0.05) is 6.58 Å². The summed E-state index contributed by atoms with van der Waals surface area (Å²) in [5, 5.41) is 4.31. The van der Waals surface area contributed by atoms with Crippen molar-refractivity contribution in [1.82, 2.24) is 9.78 Å². The van der Waals surface area contributed by atoms with Crippen molar-refractivity contribution >= 4 is 13.4 Å². The number of aryl methyl sites for hydroxylation is 1. The molecule has 0 fully saturated rings. The third kappa shape index (κ3) is 1.53. The molecule has 1 rings (SSSR count). The van der Waals surface area contributed by atoms with Gasteiger partial charge in [-0.3, -0.25) is 4.68 Å². The summed E-state index contributed by atoms with van der Waals surface area (Å²) in [6, 6.07) is 2.09. The Balaban J connectivity index is 3.07. The van der Waals surface area contributed by atoms with Crippen molar-refractivity contribution in [2.75, 3.05) is 0 Å². The molecule has 0 saturated carbocycles. The molecule has 0 saturated heterocycles. The van der Waals surface area contributed by atoms with Crippen LogP contribution < -0.4 is 0 Å². The highest BCUT2D eigenvalue weighted by atomic mass is 15.3. The fourth-order valence-corrected chi connectivity index (χ4v) is 1.10. The van der Waals surface area contributed by atoms with Crippen LogP contribution in [0.3, 0.4) is 0 Å². The molecule has 0 aliphatic carbocycles. The number of hydrogen-bond donors (Lipinski definition) is 0. The number of rotatable bonds is 2. The first-order valence-corrected chi connectivity index (χ1v) is 3.84. The molecule has 1 aromatic rings. The van der Waals surface area contributed by atoms with Gasteiger partial charge in [0, 0.05) is 7.05 Å². The van der Waals surface area contributed by atoms with E-state index in [1.165, 1.54) is 0 Å². The van der Waals surface area contributed by atoms with E-state index in [-0.39, 0.29) is 0 Å². The van der Waals surface area contributed by atoms with Crippen LogP contribution in [0.15, 0.2) is 12.6 Å². The molecule has 11 heavy (non-hydrogen) atoms. The highest BCUT2D eigenvalue weighted by Crippen LogP contribution is 2.11. The van der Waals surface area contributed by atoms with Gasteiger partial charge in [0.1, 0.15) is 7.85 Å². The summed E-state index contributed by atoms with van der Waals surface area (Å²) >= 11 is 0. The number of nitrogens with zero attached hydrogens (tertiary/aromatic N) is 2. The lowest BCUT2D eigenvalue weighted by atomic mass is 10.0. The fourth-order valence-electron chi connectivity index (χ4n) is 1.10. The van der Waals surface area contributed by atoms with E-state index < -0.39 is 0 Å². The molecule has 0 bridgehead atoms. The Labute approximate surface area is 68.3 Å². The monoisotopic (exact) mass is 148 g/mol. The van der Waals surface area contributed by atoms with Crippen molar-refractivity contribution in [2.45, 2.75) is 13.2 Å². The normalized spacial score (nSPS) is 10.0. The van der Waals surface area contributed by atoms with Gasteiger partial charge in [-0.05, 0) is 24.9 Å². The van der Waals surface area contributed by atoms with Crippen LogP contribution in [0, 0.1) is 0 Å². The first-order chi connectivity index (χ1) is 5.15. The fraction of sp³-hybridized carbons (Fsp3) is 0.375. The lowest BCUT2D eigenvalue weighted by Crippen LogP contribution is -1.95. The summed E-state index contributed by atoms with van der Waals surface area (Å²) in [6.07, 6.45) is 0.987. The summed E-state index contributed by atoms with van der Waals surface area (Å²) in [7, 11) is 4.05. The second-order valence-corrected chi connectivity index (χ2v) is 2.78. The maximum absolute atomic E-state index is 4.31. The second kappa shape index (κ2) is 2.95. The Morgan fingerprint density at radius 1 is 1.82 bits per heavy atom. The molecule has 0 unspecified atom stereocenters. The first kappa shape index (κ1) is 8.11. The van der Waals surface area contributed by atoms with Crippen LogP contribution in [0.5, 0.6) is 0 Å². The minimum atomic E-state index is 0.987. The van der Waals surface area contributed by atoms with Gasteiger partial charge in [0.25, 0.3) is 0 Å². The molecular formula is C8H13BN2. The van der Waals surface area contributed by atoms with E-state index in [4.69, 9.17) is 0 Å². The second-order valence-electron chi connectivity index (χ2n) is 2.78. The Kier molecular flexibility index (Phi) is 2.18. The van der Waals surface area contributed by atoms with E-state index in [0.717, 1.165) is 23.3 Å². The highest BCUT2D eigenvalue weighted by molar-refractivity contribution is 6.08. The maximum Gasteiger partial charge on any atom is 0.109 e. The molecule has 0 atom stereocenters. The predicted molar refractivity (Wildman–Crippen MR) is 50.2 cm³/mol. The van der Waals surface area contributed by atoms with Gasteiger partial charge in [0.2, 0.25) is 0 Å². The standard InChI is InChI=1S/C8H13BN2/c1-6(2)8-4-7(5-9)10-11(8)3/h4H,1,5,9H2,2-3H3. The molecule has 0 aromatic carbocycles. The molecule has 1 aromatic heterocycles. The molecule has 0 amide bonds. The summed E-state index contributed by atoms with van der Waals surface area (Å²) in [4.78, 5) is 0. The van der Waals surface area contributed by atoms with Gasteiger partial charge in [-0.25, -0.2) is 0 Å². The number of hydrogen-bond acceptors (Lipinski definition) is 1. The average Bonchev–Trinajstić information content (AvgIpc) is 2.30. The first-order valence-electron chi connectivity index (χ1n) is 3.84. The summed E-state index contributed by atoms with van der Waals surface area (Å²) in [6.45, 7) is 5.87. The largest absolute Gasteiger partial charge is 0.268 e. The maximum atomic E-state index is 4.31. The Morgan fingerprint density at radius 2 is 2.45 bits per heavy atom. The van der Waals surface area contributed by atoms with Gasteiger partial charge in [0.05, 0.1) is 11.4 Å². The Morgan fingerprint density at radius 3 is 2.73 bits per heavy atom. The lowest BCUT2D eigenvalue weighted by Gasteiger charge is -1.96. The van der Waals surface area contributed by atoms with Crippen molar-refractivity contribution < 1.29 is 0 Å². The van der Waals surface area contributed by atoms with Gasteiger partial charge >= 0.3 is 0 Å². The average molecular weight is 148 g/mol. The molecular weight excluding hydrogens is 135 g/mol. The molecule has 0 spiro atoms. The van der Waals surface area contributed by atoms with Crippen LogP contribution >= 0.6 is 0 Å². The van der Waals surface area contributed by atoms with E-state index in [1.54, 1.807) is 0 Å². The van der Waals surface area contributed by atoms with Crippen LogP contribution in [-0.4, -0.2) is 17.6 Å². The van der Waals surface area contributed by atoms with E-state index in [0.29, 0.717) is 0 Å². The van der Waals surface area contributed by atoms with Crippen LogP contribution in [0.4, 0.5) is 0 Å². The quantitative estimate of drug-likeness (QED) is 0.561. The topological polar surface area (TPSA) is 17.8 Å². The van der Waals surface area contributed by atoms with Crippen LogP contribution in [0.1, 0.15) is 18.3 Å². The third-order valence-electron chi connectivity index (χ3n) is 1.73. The summed E-state index contributed by atoms with van der Waals surface area (Å²) in [5.74, 6) is 0. The van der Waals surface area contributed by atoms with E-state index in [9.17, 15) is 0 Å². The Hall–Kier alpha value is -0.985. The van der Waals surface area contributed by atoms with Gasteiger partial charge in [-0.15, -0.1) is 0 Å². The molecule has 2 nitrogen and oxygen atoms in total. The van der Waals surface area contributed by atoms with Gasteiger partial charge in [-0.2, -0.15) is 5.10 Å². The third-order valence-corrected chi connectivity index (χ3v) is 1.73. The summed E-state index contributed by atoms with van der Waals surface area (Å²) < 4.78 is 1.88. The zero-order valence-corrected chi connectivity index (χ0v) is 7.39. The molecule has 1 heterocycles. The van der Waals surface area contributed by atoms with Crippen LogP contribution in [0.2, 0.25) is 0 Å². The lowest BCUT2D eigenvalue weighted by molar-refractivity contribution is 0.744. The number of allylic oxidation sites excluding steroid dienone is 1. The van der Waals surface area contributed by atoms with Gasteiger partial charge in [0.15, 0.2) is 0 Å². The number of aromatic nitrogens is 2. The molecule has 0 radical (unpaired) electrons. The van der Waals surface area contributed by atoms with E-state index in [2.05, 4.69) is 25.6 Å².